The Kier molecular flexibility index (Phi) is 5.10. The van der Waals surface area contributed by atoms with Gasteiger partial charge in [0.25, 0.3) is 17.7 Å². The van der Waals surface area contributed by atoms with E-state index >= 15 is 0 Å². The summed E-state index contributed by atoms with van der Waals surface area (Å²) in [5, 5.41) is 3.18. The second kappa shape index (κ2) is 7.59. The Balaban J connectivity index is 1.66. The van der Waals surface area contributed by atoms with Crippen LogP contribution in [0.5, 0.6) is 0 Å². The summed E-state index contributed by atoms with van der Waals surface area (Å²) in [6.07, 6.45) is 0. The number of amides is 3. The van der Waals surface area contributed by atoms with Gasteiger partial charge >= 0.3 is 0 Å². The van der Waals surface area contributed by atoms with Crippen LogP contribution in [0, 0.1) is 13.8 Å². The number of anilines is 2. The second-order valence-electron chi connectivity index (χ2n) is 7.03. The van der Waals surface area contributed by atoms with E-state index in [1.54, 1.807) is 18.2 Å². The molecule has 0 aliphatic carbocycles. The van der Waals surface area contributed by atoms with Gasteiger partial charge in [-0.1, -0.05) is 35.3 Å². The van der Waals surface area contributed by atoms with Gasteiger partial charge in [0.15, 0.2) is 0 Å². The summed E-state index contributed by atoms with van der Waals surface area (Å²) < 4.78 is 0. The Bertz CT molecular complexity index is 1220. The van der Waals surface area contributed by atoms with Gasteiger partial charge in [0, 0.05) is 11.3 Å². The molecule has 0 aromatic heterocycles. The molecule has 0 fully saturated rings. The lowest BCUT2D eigenvalue weighted by molar-refractivity contribution is 0.0925. The van der Waals surface area contributed by atoms with Crippen LogP contribution in [0.3, 0.4) is 0 Å². The molecular formula is C23H16Cl2N2O3. The standard InChI is InChI=1S/C23H16Cl2N2O3/c1-12-6-8-15(10-13(12)2)26-21(28)14-7-9-16-17(11-14)23(30)27(22(16)29)20-18(24)4-3-5-19(20)25/h3-11H,1-2H3,(H,26,28). The molecule has 3 aromatic carbocycles. The lowest BCUT2D eigenvalue weighted by atomic mass is 10.0. The molecule has 0 unspecified atom stereocenters. The van der Waals surface area contributed by atoms with Crippen molar-refractivity contribution in [2.24, 2.45) is 0 Å². The first-order valence-corrected chi connectivity index (χ1v) is 9.89. The van der Waals surface area contributed by atoms with Crippen LogP contribution in [0.1, 0.15) is 42.2 Å². The molecule has 1 aliphatic heterocycles. The van der Waals surface area contributed by atoms with E-state index in [1.165, 1.54) is 18.2 Å². The maximum Gasteiger partial charge on any atom is 0.266 e. The smallest absolute Gasteiger partial charge is 0.266 e. The van der Waals surface area contributed by atoms with Crippen molar-refractivity contribution in [2.45, 2.75) is 13.8 Å². The number of para-hydroxylation sites is 1. The lowest BCUT2D eigenvalue weighted by Gasteiger charge is -2.16. The zero-order valence-corrected chi connectivity index (χ0v) is 17.6. The van der Waals surface area contributed by atoms with Crippen LogP contribution in [0.2, 0.25) is 10.0 Å². The Morgan fingerprint density at radius 3 is 2.17 bits per heavy atom. The van der Waals surface area contributed by atoms with Crippen LogP contribution < -0.4 is 10.2 Å². The van der Waals surface area contributed by atoms with Gasteiger partial charge in [0.2, 0.25) is 0 Å². The molecule has 30 heavy (non-hydrogen) atoms. The maximum atomic E-state index is 13.0. The molecule has 0 spiro atoms. The van der Waals surface area contributed by atoms with Crippen molar-refractivity contribution < 1.29 is 14.4 Å². The summed E-state index contributed by atoms with van der Waals surface area (Å²) in [4.78, 5) is 39.5. The van der Waals surface area contributed by atoms with Gasteiger partial charge in [-0.2, -0.15) is 0 Å². The van der Waals surface area contributed by atoms with Crippen LogP contribution >= 0.6 is 23.2 Å². The van der Waals surface area contributed by atoms with Crippen LogP contribution in [-0.2, 0) is 0 Å². The molecule has 4 rings (SSSR count). The van der Waals surface area contributed by atoms with Gasteiger partial charge in [-0.3, -0.25) is 14.4 Å². The van der Waals surface area contributed by atoms with Gasteiger partial charge in [-0.15, -0.1) is 0 Å². The Morgan fingerprint density at radius 2 is 1.50 bits per heavy atom. The third-order valence-electron chi connectivity index (χ3n) is 5.07. The van der Waals surface area contributed by atoms with Crippen molar-refractivity contribution in [2.75, 3.05) is 10.2 Å². The van der Waals surface area contributed by atoms with E-state index < -0.39 is 11.8 Å². The molecule has 0 radical (unpaired) electrons. The van der Waals surface area contributed by atoms with Crippen molar-refractivity contribution >= 4 is 52.3 Å². The van der Waals surface area contributed by atoms with E-state index in [0.29, 0.717) is 5.69 Å². The number of imide groups is 1. The number of hydrogen-bond donors (Lipinski definition) is 1. The van der Waals surface area contributed by atoms with Crippen LogP contribution in [-0.4, -0.2) is 17.7 Å². The first-order valence-electron chi connectivity index (χ1n) is 9.13. The zero-order valence-electron chi connectivity index (χ0n) is 16.1. The van der Waals surface area contributed by atoms with Gasteiger partial charge in [-0.05, 0) is 67.4 Å². The van der Waals surface area contributed by atoms with E-state index in [9.17, 15) is 14.4 Å². The molecule has 0 saturated carbocycles. The molecule has 1 heterocycles. The first kappa shape index (κ1) is 20.1. The Hall–Kier alpha value is -3.15. The lowest BCUT2D eigenvalue weighted by Crippen LogP contribution is -2.29. The number of nitrogens with zero attached hydrogens (tertiary/aromatic N) is 1. The fraction of sp³-hybridized carbons (Fsp3) is 0.0870. The highest BCUT2D eigenvalue weighted by Crippen LogP contribution is 2.38. The average molecular weight is 439 g/mol. The Labute approximate surface area is 183 Å². The van der Waals surface area contributed by atoms with E-state index in [4.69, 9.17) is 23.2 Å². The monoisotopic (exact) mass is 438 g/mol. The van der Waals surface area contributed by atoms with E-state index in [-0.39, 0.29) is 38.3 Å². The van der Waals surface area contributed by atoms with E-state index in [2.05, 4.69) is 5.32 Å². The molecule has 5 nitrogen and oxygen atoms in total. The highest BCUT2D eigenvalue weighted by molar-refractivity contribution is 6.44. The fourth-order valence-corrected chi connectivity index (χ4v) is 3.88. The normalized spacial score (nSPS) is 12.9. The van der Waals surface area contributed by atoms with Gasteiger partial charge in [0.05, 0.1) is 26.9 Å². The molecule has 0 saturated heterocycles. The van der Waals surface area contributed by atoms with Crippen molar-refractivity contribution in [3.63, 3.8) is 0 Å². The average Bonchev–Trinajstić information content (AvgIpc) is 2.95. The maximum absolute atomic E-state index is 13.0. The van der Waals surface area contributed by atoms with Crippen molar-refractivity contribution in [1.82, 2.24) is 0 Å². The molecule has 1 N–H and O–H groups in total. The molecule has 0 atom stereocenters. The summed E-state index contributed by atoms with van der Waals surface area (Å²) in [7, 11) is 0. The van der Waals surface area contributed by atoms with Crippen LogP contribution in [0.15, 0.2) is 54.6 Å². The summed E-state index contributed by atoms with van der Waals surface area (Å²) in [5.74, 6) is -1.49. The van der Waals surface area contributed by atoms with Crippen molar-refractivity contribution in [3.05, 3.63) is 92.5 Å². The number of hydrogen-bond acceptors (Lipinski definition) is 3. The molecule has 1 aliphatic rings. The minimum Gasteiger partial charge on any atom is -0.322 e. The summed E-state index contributed by atoms with van der Waals surface area (Å²) in [6, 6.07) is 14.7. The number of aryl methyl sites for hydroxylation is 2. The first-order chi connectivity index (χ1) is 14.3. The third-order valence-corrected chi connectivity index (χ3v) is 5.68. The molecule has 7 heteroatoms. The quantitative estimate of drug-likeness (QED) is 0.536. The van der Waals surface area contributed by atoms with Gasteiger partial charge in [-0.25, -0.2) is 4.90 Å². The van der Waals surface area contributed by atoms with Gasteiger partial charge in [0.1, 0.15) is 0 Å². The molecule has 3 amide bonds. The fourth-order valence-electron chi connectivity index (χ4n) is 3.31. The number of fused-ring (bicyclic) bond motifs is 1. The van der Waals surface area contributed by atoms with E-state index in [1.807, 2.05) is 32.0 Å². The predicted octanol–water partition coefficient (Wildman–Crippen LogP) is 5.66. The minimum absolute atomic E-state index is 0.128. The number of carbonyl (C=O) groups excluding carboxylic acids is 3. The Morgan fingerprint density at radius 1 is 0.833 bits per heavy atom. The summed E-state index contributed by atoms with van der Waals surface area (Å²) in [5.41, 5.74) is 3.54. The SMILES string of the molecule is Cc1ccc(NC(=O)c2ccc3c(c2)C(=O)N(c2c(Cl)cccc2Cl)C3=O)cc1C. The summed E-state index contributed by atoms with van der Waals surface area (Å²) in [6.45, 7) is 3.94. The number of halogens is 2. The minimum atomic E-state index is -0.578. The highest BCUT2D eigenvalue weighted by atomic mass is 35.5. The van der Waals surface area contributed by atoms with Gasteiger partial charge < -0.3 is 5.32 Å². The molecule has 0 bridgehead atoms. The summed E-state index contributed by atoms with van der Waals surface area (Å²) >= 11 is 12.4. The van der Waals surface area contributed by atoms with Crippen molar-refractivity contribution in [3.8, 4) is 0 Å². The molecular weight excluding hydrogens is 423 g/mol. The largest absolute Gasteiger partial charge is 0.322 e. The van der Waals surface area contributed by atoms with E-state index in [0.717, 1.165) is 16.0 Å². The van der Waals surface area contributed by atoms with Crippen LogP contribution in [0.4, 0.5) is 11.4 Å². The molecule has 150 valence electrons. The zero-order chi connectivity index (χ0) is 21.6. The number of rotatable bonds is 3. The molecule has 3 aromatic rings. The third kappa shape index (κ3) is 3.36. The van der Waals surface area contributed by atoms with Crippen LogP contribution in [0.25, 0.3) is 0 Å². The predicted molar refractivity (Wildman–Crippen MR) is 118 cm³/mol. The number of benzene rings is 3. The highest BCUT2D eigenvalue weighted by Gasteiger charge is 2.39. The number of carbonyl (C=O) groups is 3. The topological polar surface area (TPSA) is 66.5 Å². The second-order valence-corrected chi connectivity index (χ2v) is 7.84. The van der Waals surface area contributed by atoms with Crippen molar-refractivity contribution in [1.29, 1.82) is 0 Å². The number of nitrogens with one attached hydrogen (secondary N) is 1.